The largest absolute Gasteiger partial charge is 0.504 e. The third-order valence-corrected chi connectivity index (χ3v) is 5.73. The lowest BCUT2D eigenvalue weighted by Gasteiger charge is -2.08. The number of hydrogen-bond donors (Lipinski definition) is 3. The number of hydrazone groups is 1. The highest BCUT2D eigenvalue weighted by Crippen LogP contribution is 2.35. The van der Waals surface area contributed by atoms with Gasteiger partial charge in [-0.1, -0.05) is 12.1 Å². The van der Waals surface area contributed by atoms with Crippen molar-refractivity contribution in [2.45, 2.75) is 33.0 Å². The van der Waals surface area contributed by atoms with Crippen molar-refractivity contribution in [3.8, 4) is 17.0 Å². The molecule has 180 valence electrons. The predicted molar refractivity (Wildman–Crippen MR) is 122 cm³/mol. The minimum Gasteiger partial charge on any atom is -0.504 e. The molecule has 2 heterocycles. The van der Waals surface area contributed by atoms with Crippen LogP contribution in [-0.2, 0) is 13.2 Å². The first kappa shape index (κ1) is 25.0. The molecule has 0 saturated heterocycles. The number of thiophene rings is 1. The number of benzene rings is 1. The smallest absolute Gasteiger partial charge is 0.416 e. The highest BCUT2D eigenvalue weighted by atomic mass is 32.1. The summed E-state index contributed by atoms with van der Waals surface area (Å²) in [6, 6.07) is 7.30. The van der Waals surface area contributed by atoms with Crippen molar-refractivity contribution in [3.05, 3.63) is 57.4 Å². The van der Waals surface area contributed by atoms with Crippen LogP contribution in [0.1, 0.15) is 51.4 Å². The van der Waals surface area contributed by atoms with Crippen LogP contribution in [-0.4, -0.2) is 38.5 Å². The zero-order valence-electron chi connectivity index (χ0n) is 18.7. The summed E-state index contributed by atoms with van der Waals surface area (Å²) in [6.45, 7) is 5.16. The van der Waals surface area contributed by atoms with Crippen molar-refractivity contribution in [2.24, 2.45) is 12.1 Å². The molecular formula is C22H22F3N5O3S. The normalized spacial score (nSPS) is 12.2. The van der Waals surface area contributed by atoms with E-state index in [9.17, 15) is 27.9 Å². The molecule has 8 nitrogen and oxygen atoms in total. The molecule has 0 aliphatic rings. The number of carbonyl (C=O) groups is 2. The quantitative estimate of drug-likeness (QED) is 0.354. The van der Waals surface area contributed by atoms with E-state index in [1.165, 1.54) is 42.9 Å². The van der Waals surface area contributed by atoms with Crippen molar-refractivity contribution in [2.75, 3.05) is 0 Å². The van der Waals surface area contributed by atoms with Crippen molar-refractivity contribution in [3.63, 3.8) is 0 Å². The number of aromatic hydroxyl groups is 1. The first-order valence-electron chi connectivity index (χ1n) is 10.1. The standard InChI is InChI=1S/C22H22F3N5O3S/c1-11(2)26-20(32)15-9-10-16(34-15)21(33)28-27-12(3)17-19(31)18(30(4)29-17)13-5-7-14(8-6-13)22(23,24)25/h5-11,31H,1-4H3,(H,26,32)(H,28,33)/b27-12+. The number of carbonyl (C=O) groups excluding carboxylic acids is 2. The fourth-order valence-electron chi connectivity index (χ4n) is 3.06. The Balaban J connectivity index is 1.77. The average Bonchev–Trinajstić information content (AvgIpc) is 3.36. The molecule has 0 atom stereocenters. The van der Waals surface area contributed by atoms with Gasteiger partial charge in [0.25, 0.3) is 11.8 Å². The van der Waals surface area contributed by atoms with Crippen LogP contribution in [0.15, 0.2) is 41.5 Å². The third kappa shape index (κ3) is 5.45. The highest BCUT2D eigenvalue weighted by Gasteiger charge is 2.30. The first-order chi connectivity index (χ1) is 15.9. The number of rotatable bonds is 6. The van der Waals surface area contributed by atoms with E-state index in [0.717, 1.165) is 23.5 Å². The molecule has 0 fully saturated rings. The van der Waals surface area contributed by atoms with E-state index >= 15 is 0 Å². The minimum atomic E-state index is -4.47. The topological polar surface area (TPSA) is 109 Å². The van der Waals surface area contributed by atoms with E-state index in [1.54, 1.807) is 0 Å². The Morgan fingerprint density at radius 2 is 1.68 bits per heavy atom. The minimum absolute atomic E-state index is 0.0438. The molecule has 0 unspecified atom stereocenters. The number of nitrogens with zero attached hydrogens (tertiary/aromatic N) is 3. The molecule has 34 heavy (non-hydrogen) atoms. The van der Waals surface area contributed by atoms with E-state index < -0.39 is 17.6 Å². The molecule has 3 rings (SSSR count). The zero-order valence-corrected chi connectivity index (χ0v) is 19.5. The van der Waals surface area contributed by atoms with E-state index in [1.807, 2.05) is 13.8 Å². The van der Waals surface area contributed by atoms with Crippen LogP contribution in [0.25, 0.3) is 11.3 Å². The van der Waals surface area contributed by atoms with Crippen molar-refractivity contribution in [1.82, 2.24) is 20.5 Å². The summed E-state index contributed by atoms with van der Waals surface area (Å²) in [4.78, 5) is 25.1. The summed E-state index contributed by atoms with van der Waals surface area (Å²) >= 11 is 1.01. The summed E-state index contributed by atoms with van der Waals surface area (Å²) in [5.41, 5.74) is 2.30. The molecule has 12 heteroatoms. The lowest BCUT2D eigenvalue weighted by Crippen LogP contribution is -2.29. The Hall–Kier alpha value is -3.67. The summed E-state index contributed by atoms with van der Waals surface area (Å²) in [5, 5.41) is 21.5. The third-order valence-electron chi connectivity index (χ3n) is 4.65. The van der Waals surface area contributed by atoms with Gasteiger partial charge in [0, 0.05) is 18.7 Å². The van der Waals surface area contributed by atoms with E-state index in [2.05, 4.69) is 20.9 Å². The molecule has 0 aliphatic heterocycles. The van der Waals surface area contributed by atoms with E-state index in [4.69, 9.17) is 0 Å². The Kier molecular flexibility index (Phi) is 7.10. The summed E-state index contributed by atoms with van der Waals surface area (Å²) in [7, 11) is 1.53. The summed E-state index contributed by atoms with van der Waals surface area (Å²) < 4.78 is 39.8. The molecule has 1 aromatic carbocycles. The number of aryl methyl sites for hydroxylation is 1. The van der Waals surface area contributed by atoms with Crippen LogP contribution >= 0.6 is 11.3 Å². The first-order valence-corrected chi connectivity index (χ1v) is 10.9. The lowest BCUT2D eigenvalue weighted by atomic mass is 10.1. The zero-order chi connectivity index (χ0) is 25.2. The monoisotopic (exact) mass is 493 g/mol. The van der Waals surface area contributed by atoms with Gasteiger partial charge in [-0.25, -0.2) is 5.43 Å². The molecule has 3 N–H and O–H groups in total. The van der Waals surface area contributed by atoms with Crippen LogP contribution in [0.2, 0.25) is 0 Å². The summed E-state index contributed by atoms with van der Waals surface area (Å²) in [6.07, 6.45) is -4.47. The van der Waals surface area contributed by atoms with Crippen molar-refractivity contribution in [1.29, 1.82) is 0 Å². The second kappa shape index (κ2) is 9.67. The fraction of sp³-hybridized carbons (Fsp3) is 0.273. The maximum absolute atomic E-state index is 12.8. The molecule has 0 bridgehead atoms. The SMILES string of the molecule is C/C(=N\NC(=O)c1ccc(C(=O)NC(C)C)s1)c1nn(C)c(-c2ccc(C(F)(F)F)cc2)c1O. The van der Waals surface area contributed by atoms with Crippen molar-refractivity contribution >= 4 is 28.9 Å². The second-order valence-electron chi connectivity index (χ2n) is 7.67. The van der Waals surface area contributed by atoms with Gasteiger partial charge in [0.2, 0.25) is 0 Å². The average molecular weight is 494 g/mol. The number of nitrogens with one attached hydrogen (secondary N) is 2. The van der Waals surface area contributed by atoms with Gasteiger partial charge < -0.3 is 10.4 Å². The van der Waals surface area contributed by atoms with Crippen LogP contribution in [0.4, 0.5) is 13.2 Å². The Morgan fingerprint density at radius 1 is 1.09 bits per heavy atom. The van der Waals surface area contributed by atoms with Gasteiger partial charge in [-0.2, -0.15) is 23.4 Å². The maximum atomic E-state index is 12.8. The number of hydrogen-bond acceptors (Lipinski definition) is 6. The van der Waals surface area contributed by atoms with Crippen LogP contribution < -0.4 is 10.7 Å². The summed E-state index contributed by atoms with van der Waals surface area (Å²) in [5.74, 6) is -1.12. The second-order valence-corrected chi connectivity index (χ2v) is 8.76. The Bertz CT molecular complexity index is 1240. The number of aromatic nitrogens is 2. The Morgan fingerprint density at radius 3 is 2.24 bits per heavy atom. The Labute approximate surface area is 197 Å². The molecule has 0 radical (unpaired) electrons. The number of alkyl halides is 3. The molecule has 0 aliphatic carbocycles. The van der Waals surface area contributed by atoms with Crippen LogP contribution in [0.3, 0.4) is 0 Å². The van der Waals surface area contributed by atoms with E-state index in [0.29, 0.717) is 10.4 Å². The van der Waals surface area contributed by atoms with Crippen molar-refractivity contribution < 1.29 is 27.9 Å². The van der Waals surface area contributed by atoms with Crippen LogP contribution in [0, 0.1) is 0 Å². The molecular weight excluding hydrogens is 471 g/mol. The predicted octanol–water partition coefficient (Wildman–Crippen LogP) is 4.17. The maximum Gasteiger partial charge on any atom is 0.416 e. The van der Waals surface area contributed by atoms with E-state index in [-0.39, 0.29) is 39.7 Å². The molecule has 0 spiro atoms. The van der Waals surface area contributed by atoms with Crippen LogP contribution in [0.5, 0.6) is 5.75 Å². The molecule has 3 aromatic rings. The highest BCUT2D eigenvalue weighted by molar-refractivity contribution is 7.15. The van der Waals surface area contributed by atoms with Gasteiger partial charge >= 0.3 is 6.18 Å². The van der Waals surface area contributed by atoms with Gasteiger partial charge in [-0.05, 0) is 45.0 Å². The van der Waals surface area contributed by atoms with Gasteiger partial charge in [-0.3, -0.25) is 14.3 Å². The lowest BCUT2D eigenvalue weighted by molar-refractivity contribution is -0.137. The number of amides is 2. The van der Waals surface area contributed by atoms with Gasteiger partial charge in [-0.15, -0.1) is 11.3 Å². The molecule has 2 aromatic heterocycles. The molecule has 0 saturated carbocycles. The van der Waals surface area contributed by atoms with Gasteiger partial charge in [0.05, 0.1) is 21.0 Å². The number of halogens is 3. The van der Waals surface area contributed by atoms with Gasteiger partial charge in [0.15, 0.2) is 11.4 Å². The fourth-order valence-corrected chi connectivity index (χ4v) is 3.85. The molecule has 2 amide bonds. The van der Waals surface area contributed by atoms with Gasteiger partial charge in [0.1, 0.15) is 5.69 Å².